The fourth-order valence-corrected chi connectivity index (χ4v) is 4.26. The Morgan fingerprint density at radius 3 is 2.37 bits per heavy atom. The highest BCUT2D eigenvalue weighted by molar-refractivity contribution is 5.80. The molecular formula is C24H35FO5. The number of ether oxygens (including phenoxy) is 3. The van der Waals surface area contributed by atoms with E-state index in [9.17, 15) is 14.0 Å². The van der Waals surface area contributed by atoms with E-state index in [1.165, 1.54) is 19.2 Å². The van der Waals surface area contributed by atoms with Crippen molar-refractivity contribution < 1.29 is 28.2 Å². The number of carbonyl (C=O) groups is 2. The zero-order chi connectivity index (χ0) is 22.5. The number of methoxy groups -OCH3 is 1. The lowest BCUT2D eigenvalue weighted by Gasteiger charge is -2.31. The maximum Gasteiger partial charge on any atom is 0.309 e. The third-order valence-corrected chi connectivity index (χ3v) is 5.57. The summed E-state index contributed by atoms with van der Waals surface area (Å²) in [5.41, 5.74) is 0.256. The third-order valence-electron chi connectivity index (χ3n) is 5.57. The first kappa shape index (κ1) is 24.2. The van der Waals surface area contributed by atoms with Crippen LogP contribution in [0.4, 0.5) is 4.39 Å². The first-order valence-electron chi connectivity index (χ1n) is 10.8. The van der Waals surface area contributed by atoms with Crippen LogP contribution in [0.5, 0.6) is 5.75 Å². The number of hydrogen-bond donors (Lipinski definition) is 0. The molecule has 0 aliphatic heterocycles. The first-order chi connectivity index (χ1) is 14.0. The molecule has 30 heavy (non-hydrogen) atoms. The molecule has 0 N–H and O–H groups in total. The van der Waals surface area contributed by atoms with Gasteiger partial charge in [0, 0.05) is 17.5 Å². The molecule has 1 fully saturated rings. The van der Waals surface area contributed by atoms with Gasteiger partial charge < -0.3 is 14.2 Å². The summed E-state index contributed by atoms with van der Waals surface area (Å²) in [6.07, 6.45) is 3.85. The second-order valence-electron chi connectivity index (χ2n) is 9.29. The molecular weight excluding hydrogens is 387 g/mol. The number of halogens is 1. The largest absolute Gasteiger partial charge is 0.496 e. The van der Waals surface area contributed by atoms with E-state index in [1.54, 1.807) is 33.8 Å². The van der Waals surface area contributed by atoms with Gasteiger partial charge in [0.15, 0.2) is 0 Å². The summed E-state index contributed by atoms with van der Waals surface area (Å²) in [6, 6.07) is 4.52. The molecule has 0 heterocycles. The Morgan fingerprint density at radius 2 is 1.80 bits per heavy atom. The summed E-state index contributed by atoms with van der Waals surface area (Å²) in [4.78, 5) is 24.7. The fourth-order valence-electron chi connectivity index (χ4n) is 4.26. The summed E-state index contributed by atoms with van der Waals surface area (Å²) in [7, 11) is 1.52. The molecule has 168 valence electrons. The van der Waals surface area contributed by atoms with Gasteiger partial charge in [0.1, 0.15) is 23.3 Å². The molecule has 0 saturated heterocycles. The van der Waals surface area contributed by atoms with Crippen LogP contribution in [0.2, 0.25) is 0 Å². The van der Waals surface area contributed by atoms with Crippen molar-refractivity contribution in [2.45, 2.75) is 84.3 Å². The van der Waals surface area contributed by atoms with Crippen LogP contribution in [0, 0.1) is 17.7 Å². The molecule has 2 rings (SSSR count). The smallest absolute Gasteiger partial charge is 0.309 e. The van der Waals surface area contributed by atoms with Gasteiger partial charge in [-0.15, -0.1) is 0 Å². The molecule has 5 nitrogen and oxygen atoms in total. The van der Waals surface area contributed by atoms with Crippen LogP contribution in [0.15, 0.2) is 18.2 Å². The highest BCUT2D eigenvalue weighted by Crippen LogP contribution is 2.43. The summed E-state index contributed by atoms with van der Waals surface area (Å²) in [5, 5.41) is 0. The molecule has 1 aliphatic rings. The van der Waals surface area contributed by atoms with Gasteiger partial charge in [-0.2, -0.15) is 0 Å². The lowest BCUT2D eigenvalue weighted by Crippen LogP contribution is -2.31. The zero-order valence-corrected chi connectivity index (χ0v) is 19.0. The van der Waals surface area contributed by atoms with Gasteiger partial charge in [-0.25, -0.2) is 4.39 Å². The number of rotatable bonds is 8. The summed E-state index contributed by atoms with van der Waals surface area (Å²) < 4.78 is 30.3. The molecule has 0 spiro atoms. The van der Waals surface area contributed by atoms with E-state index in [-0.39, 0.29) is 18.2 Å². The number of esters is 2. The zero-order valence-electron chi connectivity index (χ0n) is 19.0. The van der Waals surface area contributed by atoms with Gasteiger partial charge in [-0.1, -0.05) is 25.8 Å². The van der Waals surface area contributed by atoms with Crippen molar-refractivity contribution >= 4 is 11.9 Å². The highest BCUT2D eigenvalue weighted by Gasteiger charge is 2.35. The minimum atomic E-state index is -0.610. The monoisotopic (exact) mass is 422 g/mol. The van der Waals surface area contributed by atoms with Gasteiger partial charge >= 0.3 is 11.9 Å². The van der Waals surface area contributed by atoms with E-state index in [0.29, 0.717) is 11.7 Å². The Kier molecular flexibility index (Phi) is 8.27. The predicted molar refractivity (Wildman–Crippen MR) is 113 cm³/mol. The minimum Gasteiger partial charge on any atom is -0.496 e. The van der Waals surface area contributed by atoms with E-state index in [4.69, 9.17) is 14.2 Å². The summed E-state index contributed by atoms with van der Waals surface area (Å²) in [6.45, 7) is 8.90. The number of benzene rings is 1. The van der Waals surface area contributed by atoms with Crippen molar-refractivity contribution in [3.8, 4) is 5.75 Å². The van der Waals surface area contributed by atoms with Crippen LogP contribution in [0.1, 0.15) is 78.2 Å². The molecule has 1 aliphatic carbocycles. The Labute approximate surface area is 179 Å². The Balaban J connectivity index is 2.14. The summed E-state index contributed by atoms with van der Waals surface area (Å²) >= 11 is 0. The average molecular weight is 423 g/mol. The molecule has 0 amide bonds. The number of carbonyl (C=O) groups excluding carboxylic acids is 2. The Hall–Kier alpha value is -2.11. The second-order valence-corrected chi connectivity index (χ2v) is 9.29. The van der Waals surface area contributed by atoms with Crippen molar-refractivity contribution in [2.75, 3.05) is 7.11 Å². The van der Waals surface area contributed by atoms with Gasteiger partial charge in [0.05, 0.1) is 19.4 Å². The molecule has 0 unspecified atom stereocenters. The standard InChI is InChI=1S/C24H35FO5/c1-15(13-21(26)30-24(3,4)5)23(27)29-16(2)22(17-9-7-8-10-17)19-12-11-18(25)14-20(19)28-6/h11-12,14-17,22H,7-10,13H2,1-6H3/t15-,16+,22+/m1/s1. The molecule has 3 atom stereocenters. The maximum atomic E-state index is 13.7. The molecule has 1 saturated carbocycles. The van der Waals surface area contributed by atoms with E-state index in [0.717, 1.165) is 31.2 Å². The van der Waals surface area contributed by atoms with Crippen LogP contribution in [-0.2, 0) is 19.1 Å². The van der Waals surface area contributed by atoms with Crippen LogP contribution >= 0.6 is 0 Å². The van der Waals surface area contributed by atoms with Crippen molar-refractivity contribution in [2.24, 2.45) is 11.8 Å². The van der Waals surface area contributed by atoms with Gasteiger partial charge in [-0.3, -0.25) is 9.59 Å². The van der Waals surface area contributed by atoms with E-state index >= 15 is 0 Å². The maximum absolute atomic E-state index is 13.7. The Bertz CT molecular complexity index is 734. The Morgan fingerprint density at radius 1 is 1.17 bits per heavy atom. The van der Waals surface area contributed by atoms with Gasteiger partial charge in [-0.05, 0) is 52.5 Å². The quantitative estimate of drug-likeness (QED) is 0.524. The van der Waals surface area contributed by atoms with Crippen LogP contribution < -0.4 is 4.74 Å². The molecule has 0 radical (unpaired) electrons. The van der Waals surface area contributed by atoms with Crippen molar-refractivity contribution in [1.82, 2.24) is 0 Å². The van der Waals surface area contributed by atoms with Crippen LogP contribution in [0.25, 0.3) is 0 Å². The fraction of sp³-hybridized carbons (Fsp3) is 0.667. The second kappa shape index (κ2) is 10.3. The predicted octanol–water partition coefficient (Wildman–Crippen LogP) is 5.41. The molecule has 1 aromatic rings. The first-order valence-corrected chi connectivity index (χ1v) is 10.8. The molecule has 1 aromatic carbocycles. The van der Waals surface area contributed by atoms with E-state index < -0.39 is 29.6 Å². The number of hydrogen-bond acceptors (Lipinski definition) is 5. The topological polar surface area (TPSA) is 61.8 Å². The highest BCUT2D eigenvalue weighted by atomic mass is 19.1. The molecule has 0 bridgehead atoms. The van der Waals surface area contributed by atoms with E-state index in [1.807, 2.05) is 6.92 Å². The van der Waals surface area contributed by atoms with Gasteiger partial charge in [0.25, 0.3) is 0 Å². The lowest BCUT2D eigenvalue weighted by molar-refractivity contribution is -0.163. The van der Waals surface area contributed by atoms with Crippen LogP contribution in [0.3, 0.4) is 0 Å². The average Bonchev–Trinajstić information content (AvgIpc) is 3.15. The van der Waals surface area contributed by atoms with Gasteiger partial charge in [0.2, 0.25) is 0 Å². The summed E-state index contributed by atoms with van der Waals surface area (Å²) in [5.74, 6) is -1.13. The van der Waals surface area contributed by atoms with Crippen molar-refractivity contribution in [1.29, 1.82) is 0 Å². The van der Waals surface area contributed by atoms with Crippen molar-refractivity contribution in [3.63, 3.8) is 0 Å². The van der Waals surface area contributed by atoms with E-state index in [2.05, 4.69) is 0 Å². The van der Waals surface area contributed by atoms with Crippen molar-refractivity contribution in [3.05, 3.63) is 29.6 Å². The SMILES string of the molecule is COc1cc(F)ccc1[C@H](C1CCCC1)[C@H](C)OC(=O)[C@H](C)CC(=O)OC(C)(C)C. The third kappa shape index (κ3) is 6.71. The normalized spacial score (nSPS) is 17.8. The molecule has 6 heteroatoms. The lowest BCUT2D eigenvalue weighted by atomic mass is 9.80. The molecule has 0 aromatic heterocycles. The van der Waals surface area contributed by atoms with Crippen LogP contribution in [-0.4, -0.2) is 30.8 Å². The minimum absolute atomic E-state index is 0.0310.